The average molecular weight is 353 g/mol. The van der Waals surface area contributed by atoms with Gasteiger partial charge in [-0.3, -0.25) is 14.9 Å². The van der Waals surface area contributed by atoms with Crippen molar-refractivity contribution in [1.29, 1.82) is 0 Å². The number of rotatable bonds is 2. The maximum absolute atomic E-state index is 13.0. The van der Waals surface area contributed by atoms with Gasteiger partial charge in [0.25, 0.3) is 6.04 Å². The lowest BCUT2D eigenvalue weighted by Crippen LogP contribution is -2.38. The Morgan fingerprint density at radius 3 is 2.36 bits per heavy atom. The molecule has 2 aromatic rings. The van der Waals surface area contributed by atoms with E-state index in [0.717, 1.165) is 5.56 Å². The van der Waals surface area contributed by atoms with Gasteiger partial charge < -0.3 is 0 Å². The van der Waals surface area contributed by atoms with E-state index >= 15 is 0 Å². The number of Topliss-reactive ketones (excluding diaryl/α,β-unsaturated/α-hetero) is 1. The van der Waals surface area contributed by atoms with Gasteiger partial charge in [0.15, 0.2) is 5.78 Å². The highest BCUT2D eigenvalue weighted by atomic mass is 35.5. The third-order valence-corrected chi connectivity index (χ3v) is 4.98. The minimum absolute atomic E-state index is 0.186. The molecule has 0 radical (unpaired) electrons. The molecule has 1 heterocycles. The number of nitrogens with zero attached hydrogens (tertiary/aromatic N) is 2. The molecule has 0 bridgehead atoms. The van der Waals surface area contributed by atoms with Crippen LogP contribution in [0.2, 0.25) is 5.02 Å². The highest BCUT2D eigenvalue weighted by Crippen LogP contribution is 2.46. The Labute approximate surface area is 148 Å². The van der Waals surface area contributed by atoms with E-state index in [9.17, 15) is 14.9 Å². The summed E-state index contributed by atoms with van der Waals surface area (Å²) in [6.45, 7) is 1.64. The van der Waals surface area contributed by atoms with E-state index in [1.54, 1.807) is 43.3 Å². The Bertz CT molecular complexity index is 976. The highest BCUT2D eigenvalue weighted by molar-refractivity contribution is 6.30. The fourth-order valence-corrected chi connectivity index (χ4v) is 3.76. The number of ketones is 1. The molecule has 2 aliphatic rings. The Morgan fingerprint density at radius 2 is 1.72 bits per heavy atom. The van der Waals surface area contributed by atoms with E-state index in [1.807, 2.05) is 12.1 Å². The van der Waals surface area contributed by atoms with Crippen LogP contribution >= 0.6 is 11.6 Å². The summed E-state index contributed by atoms with van der Waals surface area (Å²) in [5, 5.41) is 12.3. The van der Waals surface area contributed by atoms with Crippen LogP contribution in [0, 0.1) is 10.1 Å². The van der Waals surface area contributed by atoms with E-state index in [-0.39, 0.29) is 10.7 Å². The summed E-state index contributed by atoms with van der Waals surface area (Å²) < 4.78 is 0. The van der Waals surface area contributed by atoms with Crippen molar-refractivity contribution >= 4 is 28.8 Å². The number of carbonyl (C=O) groups is 1. The molecule has 1 unspecified atom stereocenters. The van der Waals surface area contributed by atoms with Crippen LogP contribution in [-0.4, -0.2) is 22.5 Å². The molecule has 0 amide bonds. The number of hydrogen-bond acceptors (Lipinski definition) is 4. The van der Waals surface area contributed by atoms with E-state index in [2.05, 4.69) is 4.99 Å². The molecular formula is C19H13ClN2O3. The molecule has 0 spiro atoms. The summed E-state index contributed by atoms with van der Waals surface area (Å²) in [4.78, 5) is 28.8. The van der Waals surface area contributed by atoms with Gasteiger partial charge in [-0.15, -0.1) is 0 Å². The van der Waals surface area contributed by atoms with Crippen LogP contribution in [0.4, 0.5) is 0 Å². The smallest absolute Gasteiger partial charge is 0.261 e. The van der Waals surface area contributed by atoms with Gasteiger partial charge in [-0.25, -0.2) is 4.99 Å². The summed E-state index contributed by atoms with van der Waals surface area (Å²) in [6.07, 6.45) is 0. The van der Waals surface area contributed by atoms with Crippen LogP contribution in [0.15, 0.2) is 59.1 Å². The van der Waals surface area contributed by atoms with Crippen LogP contribution in [0.3, 0.4) is 0 Å². The Kier molecular flexibility index (Phi) is 3.54. The lowest BCUT2D eigenvalue weighted by atomic mass is 9.80. The van der Waals surface area contributed by atoms with E-state index in [1.165, 1.54) is 0 Å². The molecule has 124 valence electrons. The van der Waals surface area contributed by atoms with Gasteiger partial charge >= 0.3 is 0 Å². The molecular weight excluding hydrogens is 340 g/mol. The summed E-state index contributed by atoms with van der Waals surface area (Å²) in [5.74, 6) is -0.867. The first-order valence-electron chi connectivity index (χ1n) is 7.81. The van der Waals surface area contributed by atoms with Gasteiger partial charge in [0.1, 0.15) is 0 Å². The van der Waals surface area contributed by atoms with Crippen LogP contribution in [0.1, 0.15) is 34.3 Å². The number of aliphatic imine (C=N–C) groups is 1. The maximum Gasteiger partial charge on any atom is 0.261 e. The number of halogens is 1. The SMILES string of the molecule is CC1=NC2=C(C(=O)c3ccccc32)[C@@H](c2ccc(Cl)cc2)C1[N+](=O)[O-]. The number of hydrogen-bond donors (Lipinski definition) is 0. The zero-order valence-corrected chi connectivity index (χ0v) is 14.0. The lowest BCUT2D eigenvalue weighted by Gasteiger charge is -2.26. The molecule has 0 saturated carbocycles. The topological polar surface area (TPSA) is 72.6 Å². The second-order valence-corrected chi connectivity index (χ2v) is 6.59. The zero-order valence-electron chi connectivity index (χ0n) is 13.3. The predicted molar refractivity (Wildman–Crippen MR) is 95.8 cm³/mol. The summed E-state index contributed by atoms with van der Waals surface area (Å²) in [7, 11) is 0. The monoisotopic (exact) mass is 352 g/mol. The normalized spacial score (nSPS) is 21.7. The van der Waals surface area contributed by atoms with E-state index < -0.39 is 12.0 Å². The average Bonchev–Trinajstić information content (AvgIpc) is 2.87. The molecule has 1 aliphatic heterocycles. The first-order valence-corrected chi connectivity index (χ1v) is 8.19. The van der Waals surface area contributed by atoms with E-state index in [0.29, 0.717) is 33.1 Å². The molecule has 0 N–H and O–H groups in total. The largest absolute Gasteiger partial charge is 0.289 e. The molecule has 6 heteroatoms. The molecule has 4 rings (SSSR count). The predicted octanol–water partition coefficient (Wildman–Crippen LogP) is 4.15. The van der Waals surface area contributed by atoms with Crippen molar-refractivity contribution in [3.8, 4) is 0 Å². The molecule has 25 heavy (non-hydrogen) atoms. The highest BCUT2D eigenvalue weighted by Gasteiger charge is 2.48. The quantitative estimate of drug-likeness (QED) is 0.602. The third-order valence-electron chi connectivity index (χ3n) is 4.73. The van der Waals surface area contributed by atoms with Crippen LogP contribution < -0.4 is 0 Å². The fraction of sp³-hybridized carbons (Fsp3) is 0.158. The second-order valence-electron chi connectivity index (χ2n) is 6.15. The van der Waals surface area contributed by atoms with Crippen LogP contribution in [0.5, 0.6) is 0 Å². The number of benzene rings is 2. The zero-order chi connectivity index (χ0) is 17.7. The number of fused-ring (bicyclic) bond motifs is 2. The molecule has 1 aliphatic carbocycles. The van der Waals surface area contributed by atoms with Crippen molar-refractivity contribution in [2.45, 2.75) is 18.9 Å². The second kappa shape index (κ2) is 5.63. The fourth-order valence-electron chi connectivity index (χ4n) is 3.63. The van der Waals surface area contributed by atoms with Gasteiger partial charge in [0, 0.05) is 26.6 Å². The summed E-state index contributed by atoms with van der Waals surface area (Å²) in [5.41, 5.74) is 3.32. The van der Waals surface area contributed by atoms with Gasteiger partial charge in [-0.1, -0.05) is 48.0 Å². The first-order chi connectivity index (χ1) is 12.0. The van der Waals surface area contributed by atoms with Gasteiger partial charge in [-0.05, 0) is 24.6 Å². The minimum Gasteiger partial charge on any atom is -0.289 e. The van der Waals surface area contributed by atoms with Crippen molar-refractivity contribution in [3.63, 3.8) is 0 Å². The van der Waals surface area contributed by atoms with Gasteiger partial charge in [-0.2, -0.15) is 0 Å². The summed E-state index contributed by atoms with van der Waals surface area (Å²) >= 11 is 5.95. The van der Waals surface area contributed by atoms with Gasteiger partial charge in [0.2, 0.25) is 0 Å². The molecule has 0 aromatic heterocycles. The van der Waals surface area contributed by atoms with Crippen molar-refractivity contribution < 1.29 is 9.72 Å². The van der Waals surface area contributed by atoms with Crippen molar-refractivity contribution in [2.24, 2.45) is 4.99 Å². The summed E-state index contributed by atoms with van der Waals surface area (Å²) in [6, 6.07) is 13.0. The van der Waals surface area contributed by atoms with Crippen LogP contribution in [-0.2, 0) is 0 Å². The Morgan fingerprint density at radius 1 is 1.08 bits per heavy atom. The third kappa shape index (κ3) is 2.31. The first kappa shape index (κ1) is 15.7. The maximum atomic E-state index is 13.0. The van der Waals surface area contributed by atoms with Gasteiger partial charge in [0.05, 0.1) is 17.3 Å². The molecule has 5 nitrogen and oxygen atoms in total. The standard InChI is InChI=1S/C19H13ClN2O3/c1-10-18(22(24)25)15(11-6-8-12(20)9-7-11)16-17(21-10)13-4-2-3-5-14(13)19(16)23/h2-9,15,18H,1H3/t15-,18?/m1/s1. The molecule has 0 fully saturated rings. The van der Waals surface area contributed by atoms with Crippen molar-refractivity contribution in [1.82, 2.24) is 0 Å². The lowest BCUT2D eigenvalue weighted by molar-refractivity contribution is -0.505. The van der Waals surface area contributed by atoms with Crippen molar-refractivity contribution in [2.75, 3.05) is 0 Å². The molecule has 2 aromatic carbocycles. The van der Waals surface area contributed by atoms with Crippen molar-refractivity contribution in [3.05, 3.63) is 85.9 Å². The molecule has 0 saturated heterocycles. The number of carbonyl (C=O) groups excluding carboxylic acids is 1. The van der Waals surface area contributed by atoms with Crippen LogP contribution in [0.25, 0.3) is 5.70 Å². The Balaban J connectivity index is 1.96. The minimum atomic E-state index is -1.07. The Hall–Kier alpha value is -2.79. The van der Waals surface area contributed by atoms with E-state index in [4.69, 9.17) is 11.6 Å². The molecule has 2 atom stereocenters. The number of nitro groups is 1.